The summed E-state index contributed by atoms with van der Waals surface area (Å²) in [6, 6.07) is 5.72. The Morgan fingerprint density at radius 2 is 2.00 bits per heavy atom. The van der Waals surface area contributed by atoms with Crippen LogP contribution in [0.5, 0.6) is 0 Å². The third-order valence-corrected chi connectivity index (χ3v) is 4.49. The smallest absolute Gasteiger partial charge is 0.261 e. The molecule has 104 valence electrons. The van der Waals surface area contributed by atoms with E-state index in [1.807, 2.05) is 6.92 Å². The zero-order valence-electron chi connectivity index (χ0n) is 10.3. The number of hydrogen-bond donors (Lipinski definition) is 1. The predicted molar refractivity (Wildman–Crippen MR) is 71.6 cm³/mol. The van der Waals surface area contributed by atoms with Crippen molar-refractivity contribution in [1.82, 2.24) is 0 Å². The Kier molecular flexibility index (Phi) is 4.13. The Bertz CT molecular complexity index is 570. The molecule has 1 aliphatic rings. The lowest BCUT2D eigenvalue weighted by molar-refractivity contribution is -0.121. The van der Waals surface area contributed by atoms with Gasteiger partial charge in [0, 0.05) is 23.0 Å². The van der Waals surface area contributed by atoms with Crippen LogP contribution in [0.3, 0.4) is 0 Å². The van der Waals surface area contributed by atoms with Crippen LogP contribution in [-0.4, -0.2) is 27.0 Å². The van der Waals surface area contributed by atoms with Crippen LogP contribution in [-0.2, 0) is 18.6 Å². The molecule has 0 bridgehead atoms. The van der Waals surface area contributed by atoms with E-state index >= 15 is 0 Å². The summed E-state index contributed by atoms with van der Waals surface area (Å²) < 4.78 is 27.5. The number of ether oxygens (including phenoxy) is 1. The van der Waals surface area contributed by atoms with E-state index < -0.39 is 9.05 Å². The topological polar surface area (TPSA) is 72.5 Å². The molecule has 1 N–H and O–H groups in total. The first-order valence-corrected chi connectivity index (χ1v) is 8.16. The van der Waals surface area contributed by atoms with Crippen LogP contribution in [0.15, 0.2) is 29.2 Å². The fourth-order valence-corrected chi connectivity index (χ4v) is 2.78. The van der Waals surface area contributed by atoms with Gasteiger partial charge in [0.25, 0.3) is 9.05 Å². The van der Waals surface area contributed by atoms with Crippen LogP contribution < -0.4 is 5.32 Å². The number of hydrogen-bond acceptors (Lipinski definition) is 4. The highest BCUT2D eigenvalue weighted by Crippen LogP contribution is 2.23. The maximum absolute atomic E-state index is 12.0. The molecule has 1 aromatic carbocycles. The Morgan fingerprint density at radius 1 is 1.37 bits per heavy atom. The van der Waals surface area contributed by atoms with E-state index in [4.69, 9.17) is 15.4 Å². The summed E-state index contributed by atoms with van der Waals surface area (Å²) in [6.45, 7) is 2.45. The minimum atomic E-state index is -3.73. The Morgan fingerprint density at radius 3 is 2.47 bits per heavy atom. The van der Waals surface area contributed by atoms with Gasteiger partial charge in [-0.05, 0) is 37.6 Å². The summed E-state index contributed by atoms with van der Waals surface area (Å²) in [6.07, 6.45) is 0.601. The van der Waals surface area contributed by atoms with Crippen molar-refractivity contribution in [2.45, 2.75) is 24.3 Å². The van der Waals surface area contributed by atoms with Gasteiger partial charge in [-0.25, -0.2) is 8.42 Å². The molecule has 2 rings (SSSR count). The molecule has 0 saturated carbocycles. The molecule has 2 unspecified atom stereocenters. The molecule has 1 saturated heterocycles. The predicted octanol–water partition coefficient (Wildman–Crippen LogP) is 1.98. The van der Waals surface area contributed by atoms with E-state index in [1.54, 1.807) is 0 Å². The van der Waals surface area contributed by atoms with Gasteiger partial charge < -0.3 is 10.1 Å². The molecule has 2 atom stereocenters. The van der Waals surface area contributed by atoms with Crippen LogP contribution in [0.25, 0.3) is 0 Å². The zero-order valence-corrected chi connectivity index (χ0v) is 11.9. The third-order valence-electron chi connectivity index (χ3n) is 3.12. The van der Waals surface area contributed by atoms with Crippen molar-refractivity contribution in [3.8, 4) is 0 Å². The molecule has 0 radical (unpaired) electrons. The second-order valence-electron chi connectivity index (χ2n) is 4.42. The van der Waals surface area contributed by atoms with Crippen LogP contribution in [0.1, 0.15) is 13.3 Å². The summed E-state index contributed by atoms with van der Waals surface area (Å²) in [4.78, 5) is 12.0. The first-order valence-electron chi connectivity index (χ1n) is 5.85. The summed E-state index contributed by atoms with van der Waals surface area (Å²) >= 11 is 0. The van der Waals surface area contributed by atoms with E-state index in [-0.39, 0.29) is 22.8 Å². The van der Waals surface area contributed by atoms with Gasteiger partial charge in [0.1, 0.15) is 0 Å². The molecule has 0 aliphatic carbocycles. The Hall–Kier alpha value is -1.11. The fourth-order valence-electron chi connectivity index (χ4n) is 2.01. The van der Waals surface area contributed by atoms with Crippen molar-refractivity contribution in [1.29, 1.82) is 0 Å². The molecule has 0 spiro atoms. The van der Waals surface area contributed by atoms with Gasteiger partial charge in [-0.15, -0.1) is 0 Å². The van der Waals surface area contributed by atoms with Crippen molar-refractivity contribution in [2.75, 3.05) is 11.9 Å². The molecule has 19 heavy (non-hydrogen) atoms. The zero-order chi connectivity index (χ0) is 14.0. The summed E-state index contributed by atoms with van der Waals surface area (Å²) in [5.41, 5.74) is 0.535. The number of anilines is 1. The van der Waals surface area contributed by atoms with Gasteiger partial charge >= 0.3 is 0 Å². The van der Waals surface area contributed by atoms with E-state index in [0.29, 0.717) is 18.7 Å². The van der Waals surface area contributed by atoms with Crippen molar-refractivity contribution in [3.63, 3.8) is 0 Å². The molecule has 0 aromatic heterocycles. The lowest BCUT2D eigenvalue weighted by atomic mass is 10.0. The molecular weight excluding hydrogens is 290 g/mol. The van der Waals surface area contributed by atoms with Crippen molar-refractivity contribution >= 4 is 31.3 Å². The van der Waals surface area contributed by atoms with Crippen molar-refractivity contribution in [3.05, 3.63) is 24.3 Å². The standard InChI is InChI=1S/C12H14ClNO4S/c1-8-11(6-7-18-8)12(15)14-9-2-4-10(5-3-9)19(13,16)17/h2-5,8,11H,6-7H2,1H3,(H,14,15). The van der Waals surface area contributed by atoms with Gasteiger partial charge in [-0.3, -0.25) is 4.79 Å². The molecule has 1 aromatic rings. The second kappa shape index (κ2) is 5.48. The van der Waals surface area contributed by atoms with Crippen molar-refractivity contribution in [2.24, 2.45) is 5.92 Å². The average Bonchev–Trinajstić information content (AvgIpc) is 2.75. The van der Waals surface area contributed by atoms with Crippen LogP contribution in [0.2, 0.25) is 0 Å². The summed E-state index contributed by atoms with van der Waals surface area (Å²) in [7, 11) is 1.47. The molecule has 1 fully saturated rings. The summed E-state index contributed by atoms with van der Waals surface area (Å²) in [5.74, 6) is -0.289. The Balaban J connectivity index is 2.06. The third kappa shape index (κ3) is 3.46. The lowest BCUT2D eigenvalue weighted by Crippen LogP contribution is -2.27. The van der Waals surface area contributed by atoms with Gasteiger partial charge in [0.05, 0.1) is 16.9 Å². The molecule has 5 nitrogen and oxygen atoms in total. The number of carbonyl (C=O) groups is 1. The number of rotatable bonds is 3. The van der Waals surface area contributed by atoms with E-state index in [1.165, 1.54) is 24.3 Å². The minimum absolute atomic E-state index is 0.00438. The first-order chi connectivity index (χ1) is 8.88. The second-order valence-corrected chi connectivity index (χ2v) is 6.99. The lowest BCUT2D eigenvalue weighted by Gasteiger charge is -2.14. The number of halogens is 1. The summed E-state index contributed by atoms with van der Waals surface area (Å²) in [5, 5.41) is 2.74. The molecule has 7 heteroatoms. The fraction of sp³-hybridized carbons (Fsp3) is 0.417. The quantitative estimate of drug-likeness (QED) is 0.867. The number of carbonyl (C=O) groups excluding carboxylic acids is 1. The average molecular weight is 304 g/mol. The van der Waals surface area contributed by atoms with Gasteiger partial charge in [0.2, 0.25) is 5.91 Å². The maximum atomic E-state index is 12.0. The van der Waals surface area contributed by atoms with Crippen molar-refractivity contribution < 1.29 is 17.9 Å². The molecule has 1 amide bonds. The number of nitrogens with one attached hydrogen (secondary N) is 1. The highest BCUT2D eigenvalue weighted by molar-refractivity contribution is 8.13. The number of benzene rings is 1. The van der Waals surface area contributed by atoms with E-state index in [2.05, 4.69) is 5.32 Å². The van der Waals surface area contributed by atoms with Crippen LogP contribution in [0.4, 0.5) is 5.69 Å². The van der Waals surface area contributed by atoms with Crippen LogP contribution in [0, 0.1) is 5.92 Å². The minimum Gasteiger partial charge on any atom is -0.378 e. The Labute approximate surface area is 116 Å². The normalized spacial score (nSPS) is 23.3. The van der Waals surface area contributed by atoms with Gasteiger partial charge in [-0.2, -0.15) is 0 Å². The van der Waals surface area contributed by atoms with Gasteiger partial charge in [0.15, 0.2) is 0 Å². The highest BCUT2D eigenvalue weighted by Gasteiger charge is 2.30. The van der Waals surface area contributed by atoms with Gasteiger partial charge in [-0.1, -0.05) is 0 Å². The molecule has 1 aliphatic heterocycles. The maximum Gasteiger partial charge on any atom is 0.261 e. The largest absolute Gasteiger partial charge is 0.378 e. The molecule has 1 heterocycles. The van der Waals surface area contributed by atoms with Crippen LogP contribution >= 0.6 is 10.7 Å². The number of amides is 1. The monoisotopic (exact) mass is 303 g/mol. The molecular formula is C12H14ClNO4S. The highest BCUT2D eigenvalue weighted by atomic mass is 35.7. The first kappa shape index (κ1) is 14.3. The van der Waals surface area contributed by atoms with E-state index in [9.17, 15) is 13.2 Å². The SMILES string of the molecule is CC1OCCC1C(=O)Nc1ccc(S(=O)(=O)Cl)cc1. The van der Waals surface area contributed by atoms with E-state index in [0.717, 1.165) is 0 Å².